The second-order valence-corrected chi connectivity index (χ2v) is 5.30. The molecule has 0 spiro atoms. The molecule has 0 bridgehead atoms. The van der Waals surface area contributed by atoms with Gasteiger partial charge in [-0.15, -0.1) is 11.3 Å². The summed E-state index contributed by atoms with van der Waals surface area (Å²) < 4.78 is 0. The van der Waals surface area contributed by atoms with Crippen molar-refractivity contribution in [1.29, 1.82) is 0 Å². The molecule has 0 saturated carbocycles. The SMILES string of the molecule is Cc1cc(NC(C(=O)O)c2cccs2)ccc1C(N)=O. The number of carbonyl (C=O) groups is 2. The van der Waals surface area contributed by atoms with Gasteiger partial charge >= 0.3 is 5.97 Å². The number of benzene rings is 1. The second-order valence-electron chi connectivity index (χ2n) is 4.32. The van der Waals surface area contributed by atoms with Crippen molar-refractivity contribution in [3.05, 3.63) is 51.7 Å². The number of hydrogen-bond donors (Lipinski definition) is 3. The van der Waals surface area contributed by atoms with Gasteiger partial charge in [0.05, 0.1) is 0 Å². The van der Waals surface area contributed by atoms with Crippen LogP contribution in [-0.2, 0) is 4.79 Å². The quantitative estimate of drug-likeness (QED) is 0.788. The van der Waals surface area contributed by atoms with Gasteiger partial charge < -0.3 is 16.2 Å². The summed E-state index contributed by atoms with van der Waals surface area (Å²) in [4.78, 5) is 23.2. The number of nitrogens with one attached hydrogen (secondary N) is 1. The molecule has 1 amide bonds. The fourth-order valence-corrected chi connectivity index (χ4v) is 2.67. The number of aryl methyl sites for hydroxylation is 1. The Hall–Kier alpha value is -2.34. The summed E-state index contributed by atoms with van der Waals surface area (Å²) in [6, 6.07) is 7.71. The summed E-state index contributed by atoms with van der Waals surface area (Å²) in [5.74, 6) is -1.45. The largest absolute Gasteiger partial charge is 0.479 e. The minimum atomic E-state index is -0.955. The van der Waals surface area contributed by atoms with Crippen molar-refractivity contribution in [1.82, 2.24) is 0 Å². The fraction of sp³-hybridized carbons (Fsp3) is 0.143. The van der Waals surface area contributed by atoms with Gasteiger partial charge in [-0.25, -0.2) is 4.79 Å². The van der Waals surface area contributed by atoms with E-state index in [9.17, 15) is 14.7 Å². The molecule has 1 aromatic heterocycles. The number of rotatable bonds is 5. The lowest BCUT2D eigenvalue weighted by Crippen LogP contribution is -2.20. The molecular weight excluding hydrogens is 276 g/mol. The normalized spacial score (nSPS) is 11.8. The van der Waals surface area contributed by atoms with E-state index in [1.165, 1.54) is 11.3 Å². The number of amides is 1. The van der Waals surface area contributed by atoms with E-state index >= 15 is 0 Å². The number of carbonyl (C=O) groups excluding carboxylic acids is 1. The van der Waals surface area contributed by atoms with Crippen LogP contribution in [-0.4, -0.2) is 17.0 Å². The summed E-state index contributed by atoms with van der Waals surface area (Å²) in [6.45, 7) is 1.76. The zero-order valence-electron chi connectivity index (χ0n) is 10.8. The van der Waals surface area contributed by atoms with E-state index in [1.807, 2.05) is 5.38 Å². The number of carboxylic acids is 1. The Morgan fingerprint density at radius 2 is 2.10 bits per heavy atom. The van der Waals surface area contributed by atoms with E-state index in [1.54, 1.807) is 37.3 Å². The molecule has 0 aliphatic carbocycles. The zero-order chi connectivity index (χ0) is 14.7. The van der Waals surface area contributed by atoms with Crippen LogP contribution >= 0.6 is 11.3 Å². The van der Waals surface area contributed by atoms with Gasteiger partial charge in [0.15, 0.2) is 6.04 Å². The minimum absolute atomic E-state index is 0.429. The third-order valence-electron chi connectivity index (χ3n) is 2.88. The topological polar surface area (TPSA) is 92.4 Å². The van der Waals surface area contributed by atoms with Gasteiger partial charge in [0.1, 0.15) is 0 Å². The van der Waals surface area contributed by atoms with Crippen molar-refractivity contribution in [2.24, 2.45) is 5.73 Å². The van der Waals surface area contributed by atoms with Crippen molar-refractivity contribution in [3.8, 4) is 0 Å². The molecule has 1 heterocycles. The molecule has 0 aliphatic heterocycles. The molecule has 104 valence electrons. The Morgan fingerprint density at radius 3 is 2.60 bits per heavy atom. The molecule has 0 aliphatic rings. The molecule has 1 atom stereocenters. The first kappa shape index (κ1) is 14.1. The summed E-state index contributed by atoms with van der Waals surface area (Å²) in [6.07, 6.45) is 0. The van der Waals surface area contributed by atoms with Crippen LogP contribution in [0.2, 0.25) is 0 Å². The molecule has 0 saturated heterocycles. The van der Waals surface area contributed by atoms with Gasteiger partial charge in [0, 0.05) is 16.1 Å². The lowest BCUT2D eigenvalue weighted by atomic mass is 10.1. The number of carboxylic acid groups (broad SMARTS) is 1. The highest BCUT2D eigenvalue weighted by atomic mass is 32.1. The molecule has 4 N–H and O–H groups in total. The first-order valence-electron chi connectivity index (χ1n) is 5.92. The Morgan fingerprint density at radius 1 is 1.35 bits per heavy atom. The van der Waals surface area contributed by atoms with E-state index in [2.05, 4.69) is 5.32 Å². The van der Waals surface area contributed by atoms with Crippen LogP contribution in [0.25, 0.3) is 0 Å². The van der Waals surface area contributed by atoms with Crippen molar-refractivity contribution >= 4 is 28.9 Å². The summed E-state index contributed by atoms with van der Waals surface area (Å²) in [7, 11) is 0. The average molecular weight is 290 g/mol. The first-order chi connectivity index (χ1) is 9.49. The van der Waals surface area contributed by atoms with Crippen LogP contribution in [0.15, 0.2) is 35.7 Å². The van der Waals surface area contributed by atoms with Crippen molar-refractivity contribution in [2.45, 2.75) is 13.0 Å². The standard InChI is InChI=1S/C14H14N2O3S/c1-8-7-9(4-5-10(8)13(15)17)16-12(14(18)19)11-3-2-6-20-11/h2-7,12,16H,1H3,(H2,15,17)(H,18,19). The van der Waals surface area contributed by atoms with Gasteiger partial charge in [0.25, 0.3) is 0 Å². The average Bonchev–Trinajstić information content (AvgIpc) is 2.88. The monoisotopic (exact) mass is 290 g/mol. The van der Waals surface area contributed by atoms with Crippen LogP contribution < -0.4 is 11.1 Å². The Labute approximate surface area is 120 Å². The summed E-state index contributed by atoms with van der Waals surface area (Å²) in [5, 5.41) is 14.1. The van der Waals surface area contributed by atoms with E-state index in [0.717, 1.165) is 0 Å². The van der Waals surface area contributed by atoms with Crippen LogP contribution in [0.3, 0.4) is 0 Å². The van der Waals surface area contributed by atoms with Crippen LogP contribution in [0.1, 0.15) is 26.8 Å². The number of primary amides is 1. The van der Waals surface area contributed by atoms with Gasteiger partial charge in [-0.3, -0.25) is 4.79 Å². The third kappa shape index (κ3) is 2.97. The molecule has 0 radical (unpaired) electrons. The Balaban J connectivity index is 2.26. The van der Waals surface area contributed by atoms with E-state index in [-0.39, 0.29) is 0 Å². The Kier molecular flexibility index (Phi) is 4.05. The molecule has 20 heavy (non-hydrogen) atoms. The lowest BCUT2D eigenvalue weighted by Gasteiger charge is -2.15. The molecule has 1 aromatic carbocycles. The second kappa shape index (κ2) is 5.75. The summed E-state index contributed by atoms with van der Waals surface area (Å²) in [5.41, 5.74) is 7.01. The van der Waals surface area contributed by atoms with E-state index in [4.69, 9.17) is 5.73 Å². The van der Waals surface area contributed by atoms with Crippen molar-refractivity contribution < 1.29 is 14.7 Å². The maximum Gasteiger partial charge on any atom is 0.331 e. The van der Waals surface area contributed by atoms with Crippen molar-refractivity contribution in [3.63, 3.8) is 0 Å². The van der Waals surface area contributed by atoms with E-state index < -0.39 is 17.9 Å². The number of hydrogen-bond acceptors (Lipinski definition) is 4. The molecule has 2 aromatic rings. The highest BCUT2D eigenvalue weighted by Crippen LogP contribution is 2.25. The molecule has 5 nitrogen and oxygen atoms in total. The first-order valence-corrected chi connectivity index (χ1v) is 6.80. The van der Waals surface area contributed by atoms with Crippen LogP contribution in [0.4, 0.5) is 5.69 Å². The number of thiophene rings is 1. The predicted molar refractivity (Wildman–Crippen MR) is 78.0 cm³/mol. The highest BCUT2D eigenvalue weighted by molar-refractivity contribution is 7.10. The lowest BCUT2D eigenvalue weighted by molar-refractivity contribution is -0.138. The summed E-state index contributed by atoms with van der Waals surface area (Å²) >= 11 is 1.37. The van der Waals surface area contributed by atoms with Crippen molar-refractivity contribution in [2.75, 3.05) is 5.32 Å². The van der Waals surface area contributed by atoms with Gasteiger partial charge in [-0.2, -0.15) is 0 Å². The number of nitrogens with two attached hydrogens (primary N) is 1. The molecular formula is C14H14N2O3S. The maximum atomic E-state index is 11.3. The third-order valence-corrected chi connectivity index (χ3v) is 3.81. The minimum Gasteiger partial charge on any atom is -0.479 e. The maximum absolute atomic E-state index is 11.3. The number of aliphatic carboxylic acids is 1. The van der Waals surface area contributed by atoms with Crippen LogP contribution in [0, 0.1) is 6.92 Å². The van der Waals surface area contributed by atoms with Gasteiger partial charge in [0.2, 0.25) is 5.91 Å². The predicted octanol–water partition coefficient (Wildman–Crippen LogP) is 2.39. The Bertz CT molecular complexity index is 638. The molecule has 6 heteroatoms. The van der Waals surface area contributed by atoms with Gasteiger partial charge in [-0.05, 0) is 42.1 Å². The molecule has 2 rings (SSSR count). The zero-order valence-corrected chi connectivity index (χ0v) is 11.6. The van der Waals surface area contributed by atoms with E-state index in [0.29, 0.717) is 21.7 Å². The van der Waals surface area contributed by atoms with Gasteiger partial charge in [-0.1, -0.05) is 6.07 Å². The number of anilines is 1. The molecule has 0 fully saturated rings. The fourth-order valence-electron chi connectivity index (χ4n) is 1.91. The van der Waals surface area contributed by atoms with Crippen LogP contribution in [0.5, 0.6) is 0 Å². The highest BCUT2D eigenvalue weighted by Gasteiger charge is 2.20. The smallest absolute Gasteiger partial charge is 0.331 e. The molecule has 1 unspecified atom stereocenters.